The smallest absolute Gasteiger partial charge is 0.310 e. The standard InChI is InChI=1S/C21H19N3O3/c25-20(24-11-10-18(23-24)15-6-2-1-3-7-15)14-27-21(26)12-16-13-22-19-9-5-4-8-17(16)19/h1-9,13,22H,10-12,14H2. The van der Waals surface area contributed by atoms with Gasteiger partial charge in [-0.3, -0.25) is 9.59 Å². The zero-order valence-electron chi connectivity index (χ0n) is 14.7. The van der Waals surface area contributed by atoms with Gasteiger partial charge in [-0.2, -0.15) is 5.10 Å². The van der Waals surface area contributed by atoms with E-state index in [1.54, 1.807) is 6.20 Å². The van der Waals surface area contributed by atoms with E-state index in [0.717, 1.165) is 27.7 Å². The normalized spacial score (nSPS) is 13.6. The summed E-state index contributed by atoms with van der Waals surface area (Å²) in [5, 5.41) is 6.72. The molecule has 1 amide bonds. The summed E-state index contributed by atoms with van der Waals surface area (Å²) < 4.78 is 5.17. The molecule has 6 nitrogen and oxygen atoms in total. The number of H-pyrrole nitrogens is 1. The number of hydrazone groups is 1. The number of carbonyl (C=O) groups is 2. The molecule has 0 bridgehead atoms. The molecule has 0 unspecified atom stereocenters. The molecule has 1 aliphatic heterocycles. The fourth-order valence-electron chi connectivity index (χ4n) is 3.17. The Balaban J connectivity index is 1.33. The third-order valence-corrected chi connectivity index (χ3v) is 4.56. The predicted octanol–water partition coefficient (Wildman–Crippen LogP) is 2.89. The molecule has 0 saturated heterocycles. The lowest BCUT2D eigenvalue weighted by Crippen LogP contribution is -2.29. The molecule has 3 aromatic rings. The van der Waals surface area contributed by atoms with Crippen molar-refractivity contribution in [2.45, 2.75) is 12.8 Å². The van der Waals surface area contributed by atoms with Crippen molar-refractivity contribution in [3.63, 3.8) is 0 Å². The van der Waals surface area contributed by atoms with Crippen molar-refractivity contribution in [1.29, 1.82) is 0 Å². The molecule has 0 aliphatic carbocycles. The quantitative estimate of drug-likeness (QED) is 0.710. The number of nitrogens with one attached hydrogen (secondary N) is 1. The van der Waals surface area contributed by atoms with Gasteiger partial charge in [0.25, 0.3) is 5.91 Å². The van der Waals surface area contributed by atoms with Crippen LogP contribution in [0.3, 0.4) is 0 Å². The molecular formula is C21H19N3O3. The van der Waals surface area contributed by atoms with Gasteiger partial charge in [0.05, 0.1) is 18.7 Å². The summed E-state index contributed by atoms with van der Waals surface area (Å²) in [6, 6.07) is 17.5. The van der Waals surface area contributed by atoms with Crippen molar-refractivity contribution in [2.24, 2.45) is 5.10 Å². The number of benzene rings is 2. The maximum Gasteiger partial charge on any atom is 0.310 e. The van der Waals surface area contributed by atoms with Crippen molar-refractivity contribution in [2.75, 3.05) is 13.2 Å². The number of aromatic nitrogens is 1. The molecule has 0 saturated carbocycles. The topological polar surface area (TPSA) is 74.8 Å². The van der Waals surface area contributed by atoms with Crippen molar-refractivity contribution >= 4 is 28.5 Å². The monoisotopic (exact) mass is 361 g/mol. The van der Waals surface area contributed by atoms with Crippen molar-refractivity contribution in [3.05, 3.63) is 71.9 Å². The van der Waals surface area contributed by atoms with E-state index in [2.05, 4.69) is 10.1 Å². The van der Waals surface area contributed by atoms with Crippen LogP contribution in [0.15, 0.2) is 65.9 Å². The lowest BCUT2D eigenvalue weighted by Gasteiger charge is -2.11. The maximum absolute atomic E-state index is 12.3. The molecule has 0 radical (unpaired) electrons. The van der Waals surface area contributed by atoms with Gasteiger partial charge in [-0.05, 0) is 17.2 Å². The Labute approximate surface area is 156 Å². The van der Waals surface area contributed by atoms with Crippen LogP contribution in [0.5, 0.6) is 0 Å². The second-order valence-corrected chi connectivity index (χ2v) is 6.38. The van der Waals surface area contributed by atoms with E-state index in [-0.39, 0.29) is 18.9 Å². The number of aromatic amines is 1. The van der Waals surface area contributed by atoms with E-state index in [1.807, 2.05) is 54.6 Å². The first-order valence-corrected chi connectivity index (χ1v) is 8.84. The lowest BCUT2D eigenvalue weighted by atomic mass is 10.1. The highest BCUT2D eigenvalue weighted by Crippen LogP contribution is 2.18. The highest BCUT2D eigenvalue weighted by Gasteiger charge is 2.22. The van der Waals surface area contributed by atoms with Crippen molar-refractivity contribution < 1.29 is 14.3 Å². The number of para-hydroxylation sites is 1. The predicted molar refractivity (Wildman–Crippen MR) is 102 cm³/mol. The molecule has 1 N–H and O–H groups in total. The van der Waals surface area contributed by atoms with Crippen LogP contribution in [0.4, 0.5) is 0 Å². The van der Waals surface area contributed by atoms with Gasteiger partial charge >= 0.3 is 5.97 Å². The van der Waals surface area contributed by atoms with E-state index >= 15 is 0 Å². The molecular weight excluding hydrogens is 342 g/mol. The SMILES string of the molecule is O=C(Cc1c[nH]c2ccccc12)OCC(=O)N1CCC(c2ccccc2)=N1. The number of ether oxygens (including phenoxy) is 1. The molecule has 4 rings (SSSR count). The van der Waals surface area contributed by atoms with Gasteiger partial charge in [-0.15, -0.1) is 0 Å². The molecule has 0 atom stereocenters. The summed E-state index contributed by atoms with van der Waals surface area (Å²) in [5.74, 6) is -0.743. The zero-order chi connectivity index (χ0) is 18.6. The fourth-order valence-corrected chi connectivity index (χ4v) is 3.17. The van der Waals surface area contributed by atoms with E-state index in [0.29, 0.717) is 13.0 Å². The largest absolute Gasteiger partial charge is 0.455 e. The van der Waals surface area contributed by atoms with Crippen LogP contribution < -0.4 is 0 Å². The number of rotatable bonds is 5. The molecule has 6 heteroatoms. The highest BCUT2D eigenvalue weighted by molar-refractivity contribution is 6.02. The summed E-state index contributed by atoms with van der Waals surface area (Å²) in [6.45, 7) is 0.204. The van der Waals surface area contributed by atoms with Crippen molar-refractivity contribution in [1.82, 2.24) is 9.99 Å². The number of hydrogen-bond acceptors (Lipinski definition) is 4. The molecule has 1 aliphatic rings. The van der Waals surface area contributed by atoms with Gasteiger partial charge in [0.1, 0.15) is 0 Å². The number of carbonyl (C=O) groups excluding carboxylic acids is 2. The van der Waals surface area contributed by atoms with Gasteiger partial charge in [-0.1, -0.05) is 48.5 Å². The molecule has 2 heterocycles. The Kier molecular flexibility index (Phi) is 4.70. The molecule has 0 fully saturated rings. The van der Waals surface area contributed by atoms with Crippen LogP contribution in [0.2, 0.25) is 0 Å². The van der Waals surface area contributed by atoms with Crippen LogP contribution >= 0.6 is 0 Å². The van der Waals surface area contributed by atoms with Crippen LogP contribution in [-0.2, 0) is 20.7 Å². The minimum atomic E-state index is -0.431. The van der Waals surface area contributed by atoms with Gasteiger partial charge in [0.2, 0.25) is 0 Å². The number of esters is 1. The zero-order valence-corrected chi connectivity index (χ0v) is 14.7. The van der Waals surface area contributed by atoms with Gasteiger partial charge in [0.15, 0.2) is 6.61 Å². The Bertz CT molecular complexity index is 1010. The van der Waals surface area contributed by atoms with Gasteiger partial charge < -0.3 is 9.72 Å². The lowest BCUT2D eigenvalue weighted by molar-refractivity contribution is -0.151. The molecule has 136 valence electrons. The highest BCUT2D eigenvalue weighted by atomic mass is 16.5. The second kappa shape index (κ2) is 7.45. The summed E-state index contributed by atoms with van der Waals surface area (Å²) in [7, 11) is 0. The molecule has 0 spiro atoms. The molecule has 1 aromatic heterocycles. The van der Waals surface area contributed by atoms with E-state index < -0.39 is 5.97 Å². The Morgan fingerprint density at radius 1 is 1.07 bits per heavy atom. The first kappa shape index (κ1) is 17.0. The van der Waals surface area contributed by atoms with E-state index in [9.17, 15) is 9.59 Å². The number of amides is 1. The Morgan fingerprint density at radius 3 is 2.70 bits per heavy atom. The van der Waals surface area contributed by atoms with E-state index in [1.165, 1.54) is 5.01 Å². The van der Waals surface area contributed by atoms with Gasteiger partial charge in [0, 0.05) is 23.5 Å². The number of fused-ring (bicyclic) bond motifs is 1. The van der Waals surface area contributed by atoms with Crippen LogP contribution in [0.1, 0.15) is 17.5 Å². The minimum absolute atomic E-state index is 0.121. The Morgan fingerprint density at radius 2 is 1.85 bits per heavy atom. The van der Waals surface area contributed by atoms with Crippen molar-refractivity contribution in [3.8, 4) is 0 Å². The second-order valence-electron chi connectivity index (χ2n) is 6.38. The summed E-state index contributed by atoms with van der Waals surface area (Å²) in [6.07, 6.45) is 2.61. The summed E-state index contributed by atoms with van der Waals surface area (Å²) in [5.41, 5.74) is 3.70. The molecule has 27 heavy (non-hydrogen) atoms. The fraction of sp³-hybridized carbons (Fsp3) is 0.190. The third kappa shape index (κ3) is 3.74. The maximum atomic E-state index is 12.3. The summed E-state index contributed by atoms with van der Waals surface area (Å²) >= 11 is 0. The van der Waals surface area contributed by atoms with E-state index in [4.69, 9.17) is 4.74 Å². The minimum Gasteiger partial charge on any atom is -0.455 e. The third-order valence-electron chi connectivity index (χ3n) is 4.56. The van der Waals surface area contributed by atoms with Crippen LogP contribution in [0, 0.1) is 0 Å². The Hall–Kier alpha value is -3.41. The first-order chi connectivity index (χ1) is 13.2. The first-order valence-electron chi connectivity index (χ1n) is 8.84. The average Bonchev–Trinajstić information content (AvgIpc) is 3.35. The summed E-state index contributed by atoms with van der Waals surface area (Å²) in [4.78, 5) is 27.5. The number of nitrogens with zero attached hydrogens (tertiary/aromatic N) is 2. The van der Waals surface area contributed by atoms with Gasteiger partial charge in [-0.25, -0.2) is 5.01 Å². The average molecular weight is 361 g/mol. The number of hydrogen-bond donors (Lipinski definition) is 1. The van der Waals surface area contributed by atoms with Crippen LogP contribution in [-0.4, -0.2) is 40.7 Å². The van der Waals surface area contributed by atoms with Crippen LogP contribution in [0.25, 0.3) is 10.9 Å². The molecule has 2 aromatic carbocycles.